The van der Waals surface area contributed by atoms with E-state index in [0.29, 0.717) is 0 Å². The summed E-state index contributed by atoms with van der Waals surface area (Å²) in [6.07, 6.45) is 16.2. The first-order chi connectivity index (χ1) is 8.24. The Balaban J connectivity index is 3.56. The van der Waals surface area contributed by atoms with Gasteiger partial charge in [-0.15, -0.1) is 0 Å². The fraction of sp³-hybridized carbons (Fsp3) is 0.882. The maximum Gasteiger partial charge on any atom is -0.0326 e. The molecule has 0 heterocycles. The molecule has 0 aliphatic carbocycles. The number of unbranched alkanes of at least 4 members (excludes halogenated alkanes) is 2. The molecular weight excluding hydrogens is 204 g/mol. The van der Waals surface area contributed by atoms with E-state index in [4.69, 9.17) is 0 Å². The summed E-state index contributed by atoms with van der Waals surface area (Å²) in [6.45, 7) is 9.18. The Morgan fingerprint density at radius 2 is 1.53 bits per heavy atom. The van der Waals surface area contributed by atoms with E-state index in [1.165, 1.54) is 64.2 Å². The fourth-order valence-electron chi connectivity index (χ4n) is 2.67. The first-order valence-corrected chi connectivity index (χ1v) is 7.90. The van der Waals surface area contributed by atoms with Crippen LogP contribution in [0, 0.1) is 5.92 Å². The van der Waals surface area contributed by atoms with Crippen LogP contribution in [0.25, 0.3) is 0 Å². The second-order valence-electron chi connectivity index (χ2n) is 5.53. The van der Waals surface area contributed by atoms with Crippen LogP contribution in [0.5, 0.6) is 0 Å². The maximum absolute atomic E-state index is 2.46. The van der Waals surface area contributed by atoms with Crippen molar-refractivity contribution in [1.29, 1.82) is 0 Å². The first-order valence-electron chi connectivity index (χ1n) is 7.90. The number of hydrogen-bond acceptors (Lipinski definition) is 0. The Labute approximate surface area is 110 Å². The van der Waals surface area contributed by atoms with Crippen molar-refractivity contribution in [2.24, 2.45) is 5.92 Å². The second-order valence-corrected chi connectivity index (χ2v) is 5.53. The zero-order chi connectivity index (χ0) is 12.9. The molecule has 0 spiro atoms. The minimum absolute atomic E-state index is 1.01. The van der Waals surface area contributed by atoms with Crippen molar-refractivity contribution in [1.82, 2.24) is 0 Å². The molecule has 0 bridgehead atoms. The van der Waals surface area contributed by atoms with Crippen LogP contribution in [-0.2, 0) is 0 Å². The van der Waals surface area contributed by atoms with Crippen molar-refractivity contribution in [2.45, 2.75) is 91.9 Å². The zero-order valence-corrected chi connectivity index (χ0v) is 12.7. The molecule has 0 radical (unpaired) electrons. The van der Waals surface area contributed by atoms with Gasteiger partial charge in [0, 0.05) is 0 Å². The lowest BCUT2D eigenvalue weighted by Gasteiger charge is -2.14. The molecule has 0 rings (SSSR count). The topological polar surface area (TPSA) is 0 Å². The molecule has 0 amide bonds. The second kappa shape index (κ2) is 12.2. The summed E-state index contributed by atoms with van der Waals surface area (Å²) in [5, 5.41) is 0. The van der Waals surface area contributed by atoms with Crippen LogP contribution in [0.4, 0.5) is 0 Å². The average molecular weight is 238 g/mol. The third-order valence-electron chi connectivity index (χ3n) is 3.60. The molecule has 0 atom stereocenters. The monoisotopic (exact) mass is 238 g/mol. The molecule has 0 aromatic rings. The van der Waals surface area contributed by atoms with Crippen molar-refractivity contribution in [3.63, 3.8) is 0 Å². The molecule has 0 N–H and O–H groups in total. The predicted molar refractivity (Wildman–Crippen MR) is 80.4 cm³/mol. The van der Waals surface area contributed by atoms with Crippen LogP contribution in [0.2, 0.25) is 0 Å². The van der Waals surface area contributed by atoms with Crippen molar-refractivity contribution in [2.75, 3.05) is 0 Å². The van der Waals surface area contributed by atoms with Gasteiger partial charge in [0.05, 0.1) is 0 Å². The van der Waals surface area contributed by atoms with Gasteiger partial charge in [0.1, 0.15) is 0 Å². The van der Waals surface area contributed by atoms with Gasteiger partial charge in [-0.3, -0.25) is 0 Å². The van der Waals surface area contributed by atoms with E-state index >= 15 is 0 Å². The number of allylic oxidation sites excluding steroid dienone is 2. The summed E-state index contributed by atoms with van der Waals surface area (Å²) in [5.41, 5.74) is 1.59. The highest BCUT2D eigenvalue weighted by Crippen LogP contribution is 2.21. The van der Waals surface area contributed by atoms with Gasteiger partial charge in [-0.25, -0.2) is 0 Å². The molecule has 0 heteroatoms. The molecule has 102 valence electrons. The molecule has 0 saturated heterocycles. The van der Waals surface area contributed by atoms with Gasteiger partial charge in [0.25, 0.3) is 0 Å². The van der Waals surface area contributed by atoms with E-state index in [-0.39, 0.29) is 0 Å². The highest BCUT2D eigenvalue weighted by Gasteiger charge is 2.05. The average Bonchev–Trinajstić information content (AvgIpc) is 2.29. The van der Waals surface area contributed by atoms with Gasteiger partial charge >= 0.3 is 0 Å². The van der Waals surface area contributed by atoms with Crippen molar-refractivity contribution in [3.8, 4) is 0 Å². The van der Waals surface area contributed by atoms with Crippen LogP contribution >= 0.6 is 0 Å². The van der Waals surface area contributed by atoms with Crippen LogP contribution in [0.1, 0.15) is 91.9 Å². The Kier molecular flexibility index (Phi) is 12.0. The Morgan fingerprint density at radius 1 is 0.882 bits per heavy atom. The summed E-state index contributed by atoms with van der Waals surface area (Å²) in [4.78, 5) is 0. The van der Waals surface area contributed by atoms with Crippen LogP contribution in [0.3, 0.4) is 0 Å². The van der Waals surface area contributed by atoms with E-state index < -0.39 is 0 Å². The SMILES string of the molecule is CCCC(C)=CCCCCC(CCC)CCC. The van der Waals surface area contributed by atoms with Crippen LogP contribution in [0.15, 0.2) is 11.6 Å². The minimum Gasteiger partial charge on any atom is -0.0856 e. The van der Waals surface area contributed by atoms with E-state index in [1.807, 2.05) is 0 Å². The molecule has 0 aromatic heterocycles. The molecular formula is C17H34. The Morgan fingerprint density at radius 3 is 2.06 bits per heavy atom. The molecule has 17 heavy (non-hydrogen) atoms. The molecule has 0 aliphatic heterocycles. The molecule has 0 unspecified atom stereocenters. The molecule has 0 fully saturated rings. The summed E-state index contributed by atoms with van der Waals surface area (Å²) in [7, 11) is 0. The van der Waals surface area contributed by atoms with E-state index in [9.17, 15) is 0 Å². The lowest BCUT2D eigenvalue weighted by molar-refractivity contribution is 0.395. The summed E-state index contributed by atoms with van der Waals surface area (Å²) >= 11 is 0. The van der Waals surface area contributed by atoms with Crippen LogP contribution < -0.4 is 0 Å². The van der Waals surface area contributed by atoms with E-state index in [0.717, 1.165) is 5.92 Å². The van der Waals surface area contributed by atoms with E-state index in [1.54, 1.807) is 5.57 Å². The fourth-order valence-corrected chi connectivity index (χ4v) is 2.67. The quantitative estimate of drug-likeness (QED) is 0.284. The van der Waals surface area contributed by atoms with Crippen molar-refractivity contribution < 1.29 is 0 Å². The lowest BCUT2D eigenvalue weighted by atomic mass is 9.92. The highest BCUT2D eigenvalue weighted by atomic mass is 14.1. The lowest BCUT2D eigenvalue weighted by Crippen LogP contribution is -1.99. The normalized spacial score (nSPS) is 12.4. The van der Waals surface area contributed by atoms with Gasteiger partial charge in [0.15, 0.2) is 0 Å². The van der Waals surface area contributed by atoms with Crippen LogP contribution in [-0.4, -0.2) is 0 Å². The van der Waals surface area contributed by atoms with Gasteiger partial charge < -0.3 is 0 Å². The summed E-state index contributed by atoms with van der Waals surface area (Å²) in [6, 6.07) is 0. The maximum atomic E-state index is 2.46. The molecule has 0 saturated carbocycles. The number of rotatable bonds is 11. The number of hydrogen-bond donors (Lipinski definition) is 0. The van der Waals surface area contributed by atoms with Gasteiger partial charge in [0.2, 0.25) is 0 Å². The highest BCUT2D eigenvalue weighted by molar-refractivity contribution is 4.97. The Bertz CT molecular complexity index is 172. The smallest absolute Gasteiger partial charge is 0.0326 e. The molecule has 0 nitrogen and oxygen atoms in total. The summed E-state index contributed by atoms with van der Waals surface area (Å²) in [5.74, 6) is 1.01. The Hall–Kier alpha value is -0.260. The molecule has 0 aliphatic rings. The minimum atomic E-state index is 1.01. The van der Waals surface area contributed by atoms with Gasteiger partial charge in [-0.2, -0.15) is 0 Å². The zero-order valence-electron chi connectivity index (χ0n) is 12.7. The predicted octanol–water partition coefficient (Wildman–Crippen LogP) is 6.51. The van der Waals surface area contributed by atoms with Crippen molar-refractivity contribution >= 4 is 0 Å². The van der Waals surface area contributed by atoms with Crippen molar-refractivity contribution in [3.05, 3.63) is 11.6 Å². The third-order valence-corrected chi connectivity index (χ3v) is 3.60. The first kappa shape index (κ1) is 16.7. The molecule has 0 aromatic carbocycles. The van der Waals surface area contributed by atoms with E-state index in [2.05, 4.69) is 33.8 Å². The summed E-state index contributed by atoms with van der Waals surface area (Å²) < 4.78 is 0. The standard InChI is InChI=1S/C17H34/c1-5-11-16(4)14-9-8-10-15-17(12-6-2)13-7-3/h14,17H,5-13,15H2,1-4H3. The van der Waals surface area contributed by atoms with Gasteiger partial charge in [-0.1, -0.05) is 77.4 Å². The largest absolute Gasteiger partial charge is 0.0856 e. The van der Waals surface area contributed by atoms with Gasteiger partial charge in [-0.05, 0) is 32.1 Å². The third kappa shape index (κ3) is 10.6.